The molecule has 5 nitrogen and oxygen atoms in total. The van der Waals surface area contributed by atoms with Crippen LogP contribution in [0.4, 0.5) is 13.2 Å². The zero-order valence-corrected chi connectivity index (χ0v) is 11.5. The topological polar surface area (TPSA) is 64.1 Å². The Hall–Kier alpha value is -2.64. The Morgan fingerprint density at radius 2 is 1.91 bits per heavy atom. The average Bonchev–Trinajstić information content (AvgIpc) is 2.44. The van der Waals surface area contributed by atoms with Crippen LogP contribution in [0.1, 0.15) is 21.7 Å². The molecule has 0 aliphatic carbocycles. The van der Waals surface area contributed by atoms with Crippen LogP contribution in [0.25, 0.3) is 0 Å². The summed E-state index contributed by atoms with van der Waals surface area (Å²) in [4.78, 5) is 19.6. The number of hydrogen-bond acceptors (Lipinski definition) is 4. The smallest absolute Gasteiger partial charge is 0.406 e. The SMILES string of the molecule is Cc1cc(C(=O)NCc2ccc(OC(F)(F)F)cc2)ncn1. The van der Waals surface area contributed by atoms with Crippen molar-refractivity contribution in [1.82, 2.24) is 15.3 Å². The second kappa shape index (κ2) is 6.42. The van der Waals surface area contributed by atoms with Crippen LogP contribution in [0.15, 0.2) is 36.7 Å². The van der Waals surface area contributed by atoms with Crippen molar-refractivity contribution in [2.45, 2.75) is 19.8 Å². The molecule has 1 N–H and O–H groups in total. The van der Waals surface area contributed by atoms with Crippen molar-refractivity contribution >= 4 is 5.91 Å². The van der Waals surface area contributed by atoms with Crippen LogP contribution in [-0.4, -0.2) is 22.2 Å². The number of hydrogen-bond donors (Lipinski definition) is 1. The lowest BCUT2D eigenvalue weighted by molar-refractivity contribution is -0.274. The Kier molecular flexibility index (Phi) is 4.59. The van der Waals surface area contributed by atoms with E-state index in [1.807, 2.05) is 0 Å². The molecule has 1 heterocycles. The van der Waals surface area contributed by atoms with E-state index >= 15 is 0 Å². The van der Waals surface area contributed by atoms with Crippen molar-refractivity contribution in [2.75, 3.05) is 0 Å². The molecule has 0 aliphatic rings. The molecule has 0 atom stereocenters. The normalized spacial score (nSPS) is 11.1. The molecule has 22 heavy (non-hydrogen) atoms. The number of alkyl halides is 3. The van der Waals surface area contributed by atoms with E-state index in [1.54, 1.807) is 6.92 Å². The molecule has 0 saturated heterocycles. The Balaban J connectivity index is 1.93. The van der Waals surface area contributed by atoms with Gasteiger partial charge in [-0.3, -0.25) is 4.79 Å². The highest BCUT2D eigenvalue weighted by atomic mass is 19.4. The lowest BCUT2D eigenvalue weighted by Crippen LogP contribution is -2.24. The molecule has 0 aliphatic heterocycles. The standard InChI is InChI=1S/C14H12F3N3O2/c1-9-6-12(20-8-19-9)13(21)18-7-10-2-4-11(5-3-10)22-14(15,16)17/h2-6,8H,7H2,1H3,(H,18,21). The molecular weight excluding hydrogens is 299 g/mol. The van der Waals surface area contributed by atoms with Gasteiger partial charge >= 0.3 is 6.36 Å². The Bertz CT molecular complexity index is 657. The van der Waals surface area contributed by atoms with Gasteiger partial charge in [-0.25, -0.2) is 9.97 Å². The van der Waals surface area contributed by atoms with E-state index < -0.39 is 6.36 Å². The Labute approximate surface area is 124 Å². The summed E-state index contributed by atoms with van der Waals surface area (Å²) < 4.78 is 39.8. The van der Waals surface area contributed by atoms with Gasteiger partial charge in [0.1, 0.15) is 17.8 Å². The van der Waals surface area contributed by atoms with Gasteiger partial charge in [0.25, 0.3) is 5.91 Å². The second-order valence-electron chi connectivity index (χ2n) is 4.42. The fourth-order valence-electron chi connectivity index (χ4n) is 1.66. The third-order valence-corrected chi connectivity index (χ3v) is 2.65. The van der Waals surface area contributed by atoms with E-state index in [9.17, 15) is 18.0 Å². The zero-order chi connectivity index (χ0) is 16.2. The maximum absolute atomic E-state index is 12.0. The predicted octanol–water partition coefficient (Wildman–Crippen LogP) is 2.61. The lowest BCUT2D eigenvalue weighted by Gasteiger charge is -2.09. The molecule has 0 radical (unpaired) electrons. The summed E-state index contributed by atoms with van der Waals surface area (Å²) in [7, 11) is 0. The van der Waals surface area contributed by atoms with Gasteiger partial charge in [0, 0.05) is 12.2 Å². The number of aryl methyl sites for hydroxylation is 1. The van der Waals surface area contributed by atoms with Crippen molar-refractivity contribution < 1.29 is 22.7 Å². The third-order valence-electron chi connectivity index (χ3n) is 2.65. The maximum Gasteiger partial charge on any atom is 0.573 e. The number of ether oxygens (including phenoxy) is 1. The highest BCUT2D eigenvalue weighted by molar-refractivity contribution is 5.92. The molecule has 0 unspecified atom stereocenters. The van der Waals surface area contributed by atoms with E-state index in [1.165, 1.54) is 36.7 Å². The number of halogens is 3. The minimum Gasteiger partial charge on any atom is -0.406 e. The minimum atomic E-state index is -4.72. The first-order valence-electron chi connectivity index (χ1n) is 6.25. The Morgan fingerprint density at radius 3 is 2.50 bits per heavy atom. The van der Waals surface area contributed by atoms with Crippen LogP contribution in [0.5, 0.6) is 5.75 Å². The second-order valence-corrected chi connectivity index (χ2v) is 4.42. The number of amides is 1. The number of carbonyl (C=O) groups is 1. The van der Waals surface area contributed by atoms with Gasteiger partial charge < -0.3 is 10.1 Å². The van der Waals surface area contributed by atoms with E-state index in [0.717, 1.165) is 0 Å². The summed E-state index contributed by atoms with van der Waals surface area (Å²) in [5.74, 6) is -0.699. The van der Waals surface area contributed by atoms with Crippen molar-refractivity contribution in [3.05, 3.63) is 53.6 Å². The molecule has 0 saturated carbocycles. The summed E-state index contributed by atoms with van der Waals surface area (Å²) in [6.45, 7) is 1.89. The summed E-state index contributed by atoms with van der Waals surface area (Å²) in [5, 5.41) is 2.62. The van der Waals surface area contributed by atoms with Crippen molar-refractivity contribution in [2.24, 2.45) is 0 Å². The molecule has 0 spiro atoms. The number of benzene rings is 1. The van der Waals surface area contributed by atoms with Gasteiger partial charge in [-0.1, -0.05) is 12.1 Å². The lowest BCUT2D eigenvalue weighted by atomic mass is 10.2. The number of aromatic nitrogens is 2. The van der Waals surface area contributed by atoms with E-state index in [-0.39, 0.29) is 23.9 Å². The van der Waals surface area contributed by atoms with E-state index in [0.29, 0.717) is 11.3 Å². The van der Waals surface area contributed by atoms with Crippen molar-refractivity contribution in [1.29, 1.82) is 0 Å². The first-order chi connectivity index (χ1) is 10.3. The quantitative estimate of drug-likeness (QED) is 0.942. The van der Waals surface area contributed by atoms with Crippen LogP contribution >= 0.6 is 0 Å². The zero-order valence-electron chi connectivity index (χ0n) is 11.5. The fraction of sp³-hybridized carbons (Fsp3) is 0.214. The molecule has 0 fully saturated rings. The summed E-state index contributed by atoms with van der Waals surface area (Å²) >= 11 is 0. The number of rotatable bonds is 4. The molecule has 0 bridgehead atoms. The van der Waals surface area contributed by atoms with Gasteiger partial charge in [-0.15, -0.1) is 13.2 Å². The van der Waals surface area contributed by atoms with Crippen LogP contribution in [0.3, 0.4) is 0 Å². The monoisotopic (exact) mass is 311 g/mol. The third kappa shape index (κ3) is 4.72. The van der Waals surface area contributed by atoms with E-state index in [4.69, 9.17) is 0 Å². The minimum absolute atomic E-state index is 0.161. The van der Waals surface area contributed by atoms with Crippen molar-refractivity contribution in [3.8, 4) is 5.75 Å². The largest absolute Gasteiger partial charge is 0.573 e. The number of nitrogens with zero attached hydrogens (tertiary/aromatic N) is 2. The summed E-state index contributed by atoms with van der Waals surface area (Å²) in [6.07, 6.45) is -3.44. The first-order valence-corrected chi connectivity index (χ1v) is 6.25. The average molecular weight is 311 g/mol. The first kappa shape index (κ1) is 15.7. The molecule has 8 heteroatoms. The molecular formula is C14H12F3N3O2. The van der Waals surface area contributed by atoms with Crippen LogP contribution < -0.4 is 10.1 Å². The van der Waals surface area contributed by atoms with Crippen molar-refractivity contribution in [3.63, 3.8) is 0 Å². The van der Waals surface area contributed by atoms with Gasteiger partial charge in [-0.05, 0) is 30.7 Å². The highest BCUT2D eigenvalue weighted by Gasteiger charge is 2.30. The van der Waals surface area contributed by atoms with Gasteiger partial charge in [-0.2, -0.15) is 0 Å². The van der Waals surface area contributed by atoms with Gasteiger partial charge in [0.15, 0.2) is 0 Å². The molecule has 1 aromatic heterocycles. The number of carbonyl (C=O) groups excluding carboxylic acids is 1. The van der Waals surface area contributed by atoms with Gasteiger partial charge in [0.05, 0.1) is 0 Å². The fourth-order valence-corrected chi connectivity index (χ4v) is 1.66. The molecule has 2 rings (SSSR count). The number of nitrogens with one attached hydrogen (secondary N) is 1. The van der Waals surface area contributed by atoms with Crippen LogP contribution in [-0.2, 0) is 6.54 Å². The predicted molar refractivity (Wildman–Crippen MR) is 71.1 cm³/mol. The Morgan fingerprint density at radius 1 is 1.23 bits per heavy atom. The van der Waals surface area contributed by atoms with Crippen LogP contribution in [0.2, 0.25) is 0 Å². The van der Waals surface area contributed by atoms with E-state index in [2.05, 4.69) is 20.0 Å². The molecule has 1 amide bonds. The molecule has 116 valence electrons. The maximum atomic E-state index is 12.0. The highest BCUT2D eigenvalue weighted by Crippen LogP contribution is 2.22. The summed E-state index contributed by atoms with van der Waals surface area (Å²) in [6, 6.07) is 6.78. The molecule has 2 aromatic rings. The summed E-state index contributed by atoms with van der Waals surface area (Å²) in [5.41, 5.74) is 1.52. The van der Waals surface area contributed by atoms with Crippen LogP contribution in [0, 0.1) is 6.92 Å². The van der Waals surface area contributed by atoms with Gasteiger partial charge in [0.2, 0.25) is 0 Å². The molecule has 1 aromatic carbocycles.